The van der Waals surface area contributed by atoms with Gasteiger partial charge in [0.25, 0.3) is 0 Å². The molecule has 0 saturated heterocycles. The summed E-state index contributed by atoms with van der Waals surface area (Å²) in [6.07, 6.45) is 0.0461. The molecule has 1 aromatic heterocycles. The highest BCUT2D eigenvalue weighted by molar-refractivity contribution is 7.16. The Morgan fingerprint density at radius 3 is 2.47 bits per heavy atom. The van der Waals surface area contributed by atoms with Gasteiger partial charge in [-0.2, -0.15) is 0 Å². The minimum Gasteiger partial charge on any atom is -0.481 e. The number of methoxy groups -OCH3 is 1. The fourth-order valence-corrected chi connectivity index (χ4v) is 3.04. The molecule has 1 aromatic rings. The zero-order valence-corrected chi connectivity index (χ0v) is 12.5. The van der Waals surface area contributed by atoms with Crippen LogP contribution < -0.4 is 4.90 Å². The number of hydrogen-bond donors (Lipinski definition) is 1. The summed E-state index contributed by atoms with van der Waals surface area (Å²) in [5.41, 5.74) is 1.46. The molecular formula is C13H19NO4S. The minimum atomic E-state index is -0.844. The van der Waals surface area contributed by atoms with Gasteiger partial charge in [0.15, 0.2) is 0 Å². The maximum Gasteiger partial charge on any atom is 0.341 e. The Labute approximate surface area is 116 Å². The Hall–Kier alpha value is -1.56. The van der Waals surface area contributed by atoms with Crippen molar-refractivity contribution in [3.05, 3.63) is 16.0 Å². The van der Waals surface area contributed by atoms with Crippen LogP contribution in [0.4, 0.5) is 5.00 Å². The second kappa shape index (κ2) is 6.56. The molecule has 0 amide bonds. The smallest absolute Gasteiger partial charge is 0.341 e. The van der Waals surface area contributed by atoms with Crippen molar-refractivity contribution in [2.24, 2.45) is 0 Å². The number of anilines is 1. The molecule has 0 atom stereocenters. The van der Waals surface area contributed by atoms with Crippen molar-refractivity contribution in [2.75, 3.05) is 25.1 Å². The number of esters is 1. The number of ether oxygens (including phenoxy) is 1. The summed E-state index contributed by atoms with van der Waals surface area (Å²) >= 11 is 1.50. The third-order valence-electron chi connectivity index (χ3n) is 3.02. The zero-order chi connectivity index (χ0) is 14.6. The van der Waals surface area contributed by atoms with E-state index in [0.717, 1.165) is 15.4 Å². The molecular weight excluding hydrogens is 266 g/mol. The van der Waals surface area contributed by atoms with E-state index in [9.17, 15) is 9.59 Å². The van der Waals surface area contributed by atoms with E-state index in [1.807, 2.05) is 25.7 Å². The average Bonchev–Trinajstić information content (AvgIpc) is 2.65. The van der Waals surface area contributed by atoms with Crippen LogP contribution in [-0.4, -0.2) is 37.2 Å². The summed E-state index contributed by atoms with van der Waals surface area (Å²) in [4.78, 5) is 25.5. The van der Waals surface area contributed by atoms with Gasteiger partial charge in [-0.1, -0.05) is 0 Å². The molecule has 0 bridgehead atoms. The Kier molecular flexibility index (Phi) is 5.35. The van der Waals surface area contributed by atoms with Crippen LogP contribution in [0.3, 0.4) is 0 Å². The molecule has 0 aliphatic rings. The van der Waals surface area contributed by atoms with E-state index < -0.39 is 5.97 Å². The Bertz CT molecular complexity index is 481. The molecule has 0 spiro atoms. The van der Waals surface area contributed by atoms with Crippen molar-refractivity contribution in [2.45, 2.75) is 27.2 Å². The fraction of sp³-hybridized carbons (Fsp3) is 0.538. The second-order valence-corrected chi connectivity index (χ2v) is 5.38. The first-order valence-corrected chi connectivity index (χ1v) is 6.89. The fourth-order valence-electron chi connectivity index (χ4n) is 1.81. The van der Waals surface area contributed by atoms with Crippen LogP contribution >= 0.6 is 11.3 Å². The predicted octanol–water partition coefficient (Wildman–Crippen LogP) is 2.45. The number of hydrogen-bond acceptors (Lipinski definition) is 5. The van der Waals surface area contributed by atoms with E-state index in [2.05, 4.69) is 0 Å². The van der Waals surface area contributed by atoms with E-state index in [1.165, 1.54) is 18.4 Å². The quantitative estimate of drug-likeness (QED) is 0.813. The monoisotopic (exact) mass is 285 g/mol. The number of thiophene rings is 1. The van der Waals surface area contributed by atoms with Gasteiger partial charge in [-0.15, -0.1) is 11.3 Å². The van der Waals surface area contributed by atoms with Gasteiger partial charge in [0, 0.05) is 18.0 Å². The molecule has 1 N–H and O–H groups in total. The number of rotatable bonds is 6. The van der Waals surface area contributed by atoms with Crippen molar-refractivity contribution in [3.63, 3.8) is 0 Å². The van der Waals surface area contributed by atoms with Crippen molar-refractivity contribution >= 4 is 28.3 Å². The highest BCUT2D eigenvalue weighted by Gasteiger charge is 2.23. The van der Waals surface area contributed by atoms with Gasteiger partial charge >= 0.3 is 11.9 Å². The van der Waals surface area contributed by atoms with Crippen molar-refractivity contribution < 1.29 is 19.4 Å². The van der Waals surface area contributed by atoms with Crippen LogP contribution in [0, 0.1) is 13.8 Å². The van der Waals surface area contributed by atoms with E-state index in [1.54, 1.807) is 0 Å². The summed E-state index contributed by atoms with van der Waals surface area (Å²) in [6, 6.07) is 0. The number of aryl methyl sites for hydroxylation is 1. The molecule has 0 radical (unpaired) electrons. The highest BCUT2D eigenvalue weighted by Crippen LogP contribution is 2.35. The molecule has 6 heteroatoms. The highest BCUT2D eigenvalue weighted by atomic mass is 32.1. The lowest BCUT2D eigenvalue weighted by atomic mass is 10.1. The molecule has 0 unspecified atom stereocenters. The Morgan fingerprint density at radius 2 is 2.00 bits per heavy atom. The third-order valence-corrected chi connectivity index (χ3v) is 4.29. The largest absolute Gasteiger partial charge is 0.481 e. The number of nitrogens with zero attached hydrogens (tertiary/aromatic N) is 1. The zero-order valence-electron chi connectivity index (χ0n) is 11.6. The van der Waals surface area contributed by atoms with Gasteiger partial charge in [0.2, 0.25) is 0 Å². The third kappa shape index (κ3) is 3.47. The number of carboxylic acids is 1. The standard InChI is InChI=1S/C13H19NO4S/c1-5-14(7-6-10(15)16)12-11(13(17)18-4)8(2)9(3)19-12/h5-7H2,1-4H3,(H,15,16). The number of aliphatic carboxylic acids is 1. The average molecular weight is 285 g/mol. The first kappa shape index (κ1) is 15.5. The van der Waals surface area contributed by atoms with Crippen LogP contribution in [-0.2, 0) is 9.53 Å². The first-order chi connectivity index (χ1) is 8.92. The second-order valence-electron chi connectivity index (χ2n) is 4.18. The van der Waals surface area contributed by atoms with Gasteiger partial charge < -0.3 is 14.7 Å². The Morgan fingerprint density at radius 1 is 1.37 bits per heavy atom. The van der Waals surface area contributed by atoms with Crippen molar-refractivity contribution in [3.8, 4) is 0 Å². The summed E-state index contributed by atoms with van der Waals surface area (Å²) in [7, 11) is 1.35. The summed E-state index contributed by atoms with van der Waals surface area (Å²) in [5, 5.41) is 9.57. The molecule has 106 valence electrons. The maximum atomic E-state index is 11.9. The van der Waals surface area contributed by atoms with Crippen LogP contribution in [0.1, 0.15) is 34.1 Å². The van der Waals surface area contributed by atoms with Crippen molar-refractivity contribution in [1.82, 2.24) is 0 Å². The lowest BCUT2D eigenvalue weighted by molar-refractivity contribution is -0.136. The van der Waals surface area contributed by atoms with E-state index in [4.69, 9.17) is 9.84 Å². The normalized spacial score (nSPS) is 10.3. The van der Waals surface area contributed by atoms with Crippen LogP contribution in [0.15, 0.2) is 0 Å². The van der Waals surface area contributed by atoms with Crippen LogP contribution in [0.2, 0.25) is 0 Å². The molecule has 0 aliphatic carbocycles. The molecule has 1 heterocycles. The SMILES string of the molecule is CCN(CCC(=O)O)c1sc(C)c(C)c1C(=O)OC. The molecule has 5 nitrogen and oxygen atoms in total. The summed E-state index contributed by atoms with van der Waals surface area (Å²) in [6.45, 7) is 6.80. The molecule has 0 saturated carbocycles. The molecule has 0 aliphatic heterocycles. The minimum absolute atomic E-state index is 0.0461. The molecule has 19 heavy (non-hydrogen) atoms. The first-order valence-electron chi connectivity index (χ1n) is 6.07. The van der Waals surface area contributed by atoms with Crippen LogP contribution in [0.25, 0.3) is 0 Å². The number of carbonyl (C=O) groups is 2. The lowest BCUT2D eigenvalue weighted by Crippen LogP contribution is -2.26. The molecule has 0 aromatic carbocycles. The summed E-state index contributed by atoms with van der Waals surface area (Å²) in [5.74, 6) is -1.21. The van der Waals surface area contributed by atoms with Crippen LogP contribution in [0.5, 0.6) is 0 Å². The van der Waals surface area contributed by atoms with E-state index in [-0.39, 0.29) is 12.4 Å². The maximum absolute atomic E-state index is 11.9. The van der Waals surface area contributed by atoms with E-state index in [0.29, 0.717) is 18.7 Å². The lowest BCUT2D eigenvalue weighted by Gasteiger charge is -2.21. The topological polar surface area (TPSA) is 66.8 Å². The van der Waals surface area contributed by atoms with Gasteiger partial charge in [-0.3, -0.25) is 4.79 Å². The molecule has 0 fully saturated rings. The van der Waals surface area contributed by atoms with Gasteiger partial charge in [-0.25, -0.2) is 4.79 Å². The number of carbonyl (C=O) groups excluding carboxylic acids is 1. The Balaban J connectivity index is 3.12. The van der Waals surface area contributed by atoms with Gasteiger partial charge in [-0.05, 0) is 26.3 Å². The van der Waals surface area contributed by atoms with Gasteiger partial charge in [0.1, 0.15) is 5.00 Å². The summed E-state index contributed by atoms with van der Waals surface area (Å²) < 4.78 is 4.82. The van der Waals surface area contributed by atoms with Gasteiger partial charge in [0.05, 0.1) is 19.1 Å². The molecule has 1 rings (SSSR count). The van der Waals surface area contributed by atoms with Crippen molar-refractivity contribution in [1.29, 1.82) is 0 Å². The predicted molar refractivity (Wildman–Crippen MR) is 75.3 cm³/mol. The van der Waals surface area contributed by atoms with E-state index >= 15 is 0 Å². The number of carboxylic acid groups (broad SMARTS) is 1.